The summed E-state index contributed by atoms with van der Waals surface area (Å²) in [6, 6.07) is 12.0. The van der Waals surface area contributed by atoms with E-state index in [9.17, 15) is 9.59 Å². The number of ketones is 1. The maximum atomic E-state index is 13.5. The van der Waals surface area contributed by atoms with Crippen LogP contribution in [0.5, 0.6) is 5.75 Å². The second-order valence-electron chi connectivity index (χ2n) is 12.9. The molecule has 0 radical (unpaired) electrons. The molecule has 5 nitrogen and oxygen atoms in total. The maximum Gasteiger partial charge on any atom is 0.250 e. The van der Waals surface area contributed by atoms with Crippen molar-refractivity contribution in [3.63, 3.8) is 0 Å². The minimum absolute atomic E-state index is 0.0790. The van der Waals surface area contributed by atoms with Gasteiger partial charge < -0.3 is 9.30 Å². The van der Waals surface area contributed by atoms with Gasteiger partial charge in [-0.1, -0.05) is 18.2 Å². The Labute approximate surface area is 219 Å². The van der Waals surface area contributed by atoms with Crippen molar-refractivity contribution < 1.29 is 9.53 Å². The average Bonchev–Trinajstić information content (AvgIpc) is 2.87. The van der Waals surface area contributed by atoms with E-state index in [0.29, 0.717) is 17.6 Å². The van der Waals surface area contributed by atoms with Crippen LogP contribution in [0.15, 0.2) is 47.3 Å². The molecule has 6 bridgehead atoms. The molecule has 0 N–H and O–H groups in total. The van der Waals surface area contributed by atoms with Crippen LogP contribution in [-0.2, 0) is 17.9 Å². The van der Waals surface area contributed by atoms with Crippen LogP contribution in [0.25, 0.3) is 6.08 Å². The van der Waals surface area contributed by atoms with Gasteiger partial charge in [-0.3, -0.25) is 14.5 Å². The summed E-state index contributed by atoms with van der Waals surface area (Å²) < 4.78 is 7.72. The Hall–Kier alpha value is -2.66. The molecule has 2 aromatic rings. The van der Waals surface area contributed by atoms with Crippen molar-refractivity contribution in [3.05, 3.63) is 69.6 Å². The lowest BCUT2D eigenvalue weighted by Gasteiger charge is -2.55. The fourth-order valence-electron chi connectivity index (χ4n) is 9.15. The second-order valence-corrected chi connectivity index (χ2v) is 12.9. The molecular formula is C32H38N2O3. The summed E-state index contributed by atoms with van der Waals surface area (Å²) in [5.74, 6) is 4.51. The predicted molar refractivity (Wildman–Crippen MR) is 144 cm³/mol. The van der Waals surface area contributed by atoms with E-state index < -0.39 is 0 Å². The molecule has 37 heavy (non-hydrogen) atoms. The Balaban J connectivity index is 1.08. The monoisotopic (exact) mass is 498 g/mol. The minimum Gasteiger partial charge on any atom is -0.496 e. The smallest absolute Gasteiger partial charge is 0.250 e. The van der Waals surface area contributed by atoms with Gasteiger partial charge in [0.05, 0.1) is 7.11 Å². The SMILES string of the molecule is COc1ccc(C=CC(=O)C23CC4CC(CC(C4)C2)C3)cc1CN1C[C@@H]2C[C@@H](C1)c1cccc(=O)n1C2. The number of nitrogens with zero attached hydrogens (tertiary/aromatic N) is 2. The molecular weight excluding hydrogens is 460 g/mol. The molecule has 0 amide bonds. The van der Waals surface area contributed by atoms with E-state index in [1.807, 2.05) is 28.9 Å². The van der Waals surface area contributed by atoms with Gasteiger partial charge in [0.2, 0.25) is 0 Å². The number of ether oxygens (including phenoxy) is 1. The van der Waals surface area contributed by atoms with Crippen LogP contribution < -0.4 is 10.3 Å². The van der Waals surface area contributed by atoms with Gasteiger partial charge in [0.25, 0.3) is 5.56 Å². The van der Waals surface area contributed by atoms with E-state index in [2.05, 4.69) is 23.1 Å². The number of fused-ring (bicyclic) bond motifs is 4. The molecule has 0 unspecified atom stereocenters. The third-order valence-electron chi connectivity index (χ3n) is 10.2. The molecule has 1 aromatic heterocycles. The first-order chi connectivity index (χ1) is 18.0. The van der Waals surface area contributed by atoms with Crippen molar-refractivity contribution in [2.24, 2.45) is 29.1 Å². The zero-order valence-electron chi connectivity index (χ0n) is 21.9. The van der Waals surface area contributed by atoms with Crippen molar-refractivity contribution in [2.75, 3.05) is 20.2 Å². The number of rotatable bonds is 6. The number of allylic oxidation sites excluding steroid dienone is 1. The van der Waals surface area contributed by atoms with Crippen LogP contribution in [0.3, 0.4) is 0 Å². The van der Waals surface area contributed by atoms with Gasteiger partial charge in [-0.25, -0.2) is 0 Å². The molecule has 1 saturated heterocycles. The summed E-state index contributed by atoms with van der Waals surface area (Å²) in [4.78, 5) is 28.4. The molecule has 4 saturated carbocycles. The zero-order valence-corrected chi connectivity index (χ0v) is 21.9. The molecule has 5 heteroatoms. The minimum atomic E-state index is -0.0790. The van der Waals surface area contributed by atoms with E-state index in [1.165, 1.54) is 25.0 Å². The molecule has 1 aromatic carbocycles. The lowest BCUT2D eigenvalue weighted by molar-refractivity contribution is -0.138. The van der Waals surface area contributed by atoms with Gasteiger partial charge in [-0.15, -0.1) is 0 Å². The highest BCUT2D eigenvalue weighted by atomic mass is 16.5. The fraction of sp³-hybridized carbons (Fsp3) is 0.562. The summed E-state index contributed by atoms with van der Waals surface area (Å²) in [5, 5.41) is 0. The molecule has 4 aliphatic carbocycles. The summed E-state index contributed by atoms with van der Waals surface area (Å²) in [5.41, 5.74) is 3.47. The average molecular weight is 499 g/mol. The normalized spacial score (nSPS) is 34.0. The third-order valence-corrected chi connectivity index (χ3v) is 10.2. The lowest BCUT2D eigenvalue weighted by atomic mass is 9.48. The van der Waals surface area contributed by atoms with Gasteiger partial charge in [-0.2, -0.15) is 0 Å². The van der Waals surface area contributed by atoms with Gasteiger partial charge in [0, 0.05) is 54.8 Å². The van der Waals surface area contributed by atoms with Gasteiger partial charge in [0.1, 0.15) is 5.75 Å². The van der Waals surface area contributed by atoms with E-state index >= 15 is 0 Å². The number of benzene rings is 1. The number of methoxy groups -OCH3 is 1. The summed E-state index contributed by atoms with van der Waals surface area (Å²) >= 11 is 0. The number of hydrogen-bond donors (Lipinski definition) is 0. The van der Waals surface area contributed by atoms with Gasteiger partial charge in [-0.05, 0) is 98.5 Å². The Morgan fingerprint density at radius 1 is 0.973 bits per heavy atom. The van der Waals surface area contributed by atoms with Crippen molar-refractivity contribution in [3.8, 4) is 5.75 Å². The number of carbonyl (C=O) groups excluding carboxylic acids is 1. The third kappa shape index (κ3) is 4.20. The molecule has 3 heterocycles. The topological polar surface area (TPSA) is 51.5 Å². The predicted octanol–water partition coefficient (Wildman–Crippen LogP) is 5.27. The molecule has 2 aliphatic heterocycles. The molecule has 6 aliphatic rings. The fourth-order valence-corrected chi connectivity index (χ4v) is 9.15. The summed E-state index contributed by atoms with van der Waals surface area (Å²) in [6.45, 7) is 3.57. The first-order valence-corrected chi connectivity index (χ1v) is 14.3. The summed E-state index contributed by atoms with van der Waals surface area (Å²) in [6.07, 6.45) is 12.5. The Morgan fingerprint density at radius 2 is 1.73 bits per heavy atom. The Morgan fingerprint density at radius 3 is 2.46 bits per heavy atom. The first-order valence-electron chi connectivity index (χ1n) is 14.3. The van der Waals surface area contributed by atoms with E-state index in [1.54, 1.807) is 13.2 Å². The van der Waals surface area contributed by atoms with Crippen molar-refractivity contribution in [2.45, 2.75) is 64.0 Å². The van der Waals surface area contributed by atoms with Crippen LogP contribution in [0.4, 0.5) is 0 Å². The van der Waals surface area contributed by atoms with Crippen LogP contribution in [0.2, 0.25) is 0 Å². The molecule has 0 spiro atoms. The zero-order chi connectivity index (χ0) is 25.1. The van der Waals surface area contributed by atoms with E-state index in [4.69, 9.17) is 4.74 Å². The Kier molecular flexibility index (Phi) is 5.69. The standard InChI is InChI=1S/C32H38N2O3/c1-37-29-7-5-21(6-8-30(35)32-14-22-9-23(15-32)11-24(10-22)16-32)12-27(29)20-33-17-25-13-26(19-33)28-3-2-4-31(36)34(28)18-25/h2-8,12,22-26H,9-11,13-20H2,1H3/t22?,23?,24?,25-,26-,32?/m0/s1. The number of piperidine rings is 1. The van der Waals surface area contributed by atoms with Crippen molar-refractivity contribution in [1.82, 2.24) is 9.47 Å². The maximum absolute atomic E-state index is 13.5. The number of pyridine rings is 1. The highest BCUT2D eigenvalue weighted by Crippen LogP contribution is 2.60. The number of hydrogen-bond acceptors (Lipinski definition) is 4. The largest absolute Gasteiger partial charge is 0.496 e. The van der Waals surface area contributed by atoms with Crippen LogP contribution >= 0.6 is 0 Å². The Bertz CT molecular complexity index is 1270. The quantitative estimate of drug-likeness (QED) is 0.509. The van der Waals surface area contributed by atoms with Crippen LogP contribution in [-0.4, -0.2) is 35.4 Å². The number of aromatic nitrogens is 1. The number of likely N-dealkylation sites (tertiary alicyclic amines) is 1. The molecule has 194 valence electrons. The van der Waals surface area contributed by atoms with Gasteiger partial charge >= 0.3 is 0 Å². The molecule has 5 fully saturated rings. The highest BCUT2D eigenvalue weighted by molar-refractivity contribution is 5.98. The van der Waals surface area contributed by atoms with Crippen LogP contribution in [0, 0.1) is 29.1 Å². The highest BCUT2D eigenvalue weighted by Gasteiger charge is 2.53. The van der Waals surface area contributed by atoms with E-state index in [0.717, 1.165) is 86.5 Å². The molecule has 2 atom stereocenters. The van der Waals surface area contributed by atoms with Crippen LogP contribution in [0.1, 0.15) is 67.7 Å². The molecule has 8 rings (SSSR count). The van der Waals surface area contributed by atoms with Gasteiger partial charge in [0.15, 0.2) is 5.78 Å². The van der Waals surface area contributed by atoms with Crippen molar-refractivity contribution in [1.29, 1.82) is 0 Å². The van der Waals surface area contributed by atoms with E-state index in [-0.39, 0.29) is 11.0 Å². The lowest BCUT2D eigenvalue weighted by Crippen LogP contribution is -2.49. The second kappa shape index (κ2) is 8.97. The summed E-state index contributed by atoms with van der Waals surface area (Å²) in [7, 11) is 1.73. The number of carbonyl (C=O) groups is 1. The van der Waals surface area contributed by atoms with Crippen molar-refractivity contribution >= 4 is 11.9 Å². The first kappa shape index (κ1) is 23.5.